The number of urea groups is 1. The van der Waals surface area contributed by atoms with Crippen LogP contribution in [-0.2, 0) is 0 Å². The van der Waals surface area contributed by atoms with E-state index in [0.717, 1.165) is 0 Å². The number of benzene rings is 2. The smallest absolute Gasteiger partial charge is 0.306 e. The number of anilines is 1. The minimum Gasteiger partial charge on any atom is -0.306 e. The Bertz CT molecular complexity index is 669. The number of nitrogens with one attached hydrogen (secondary N) is 2. The van der Waals surface area contributed by atoms with E-state index >= 15 is 0 Å². The normalized spacial score (nSPS) is 10.6. The van der Waals surface area contributed by atoms with Crippen molar-refractivity contribution in [3.63, 3.8) is 0 Å². The highest BCUT2D eigenvalue weighted by molar-refractivity contribution is 6.38. The molecular formula is C14H10Cl3N3O. The first-order valence-electron chi connectivity index (χ1n) is 5.86. The van der Waals surface area contributed by atoms with Crippen molar-refractivity contribution in [1.82, 2.24) is 5.43 Å². The average Bonchev–Trinajstić information content (AvgIpc) is 2.42. The Hall–Kier alpha value is -1.75. The van der Waals surface area contributed by atoms with E-state index in [4.69, 9.17) is 34.8 Å². The molecule has 2 aromatic carbocycles. The van der Waals surface area contributed by atoms with Crippen LogP contribution in [0.2, 0.25) is 15.1 Å². The monoisotopic (exact) mass is 341 g/mol. The highest BCUT2D eigenvalue weighted by Crippen LogP contribution is 2.22. The van der Waals surface area contributed by atoms with Gasteiger partial charge in [0, 0.05) is 16.3 Å². The first-order chi connectivity index (χ1) is 10.1. The zero-order valence-corrected chi connectivity index (χ0v) is 12.9. The van der Waals surface area contributed by atoms with Crippen molar-refractivity contribution < 1.29 is 4.79 Å². The van der Waals surface area contributed by atoms with Crippen LogP contribution in [0, 0.1) is 0 Å². The summed E-state index contributed by atoms with van der Waals surface area (Å²) in [4.78, 5) is 11.6. The number of rotatable bonds is 3. The lowest BCUT2D eigenvalue weighted by atomic mass is 10.2. The van der Waals surface area contributed by atoms with Crippen LogP contribution in [0.25, 0.3) is 0 Å². The van der Waals surface area contributed by atoms with Gasteiger partial charge in [0.25, 0.3) is 0 Å². The molecule has 2 rings (SSSR count). The highest BCUT2D eigenvalue weighted by atomic mass is 35.5. The maximum atomic E-state index is 11.6. The molecule has 0 aliphatic heterocycles. The van der Waals surface area contributed by atoms with Gasteiger partial charge in [0.1, 0.15) is 0 Å². The van der Waals surface area contributed by atoms with Crippen molar-refractivity contribution in [2.75, 3.05) is 5.32 Å². The first kappa shape index (κ1) is 15.6. The third-order valence-corrected chi connectivity index (χ3v) is 3.34. The topological polar surface area (TPSA) is 53.5 Å². The highest BCUT2D eigenvalue weighted by Gasteiger charge is 2.03. The second kappa shape index (κ2) is 7.31. The predicted octanol–water partition coefficient (Wildman–Crippen LogP) is 4.80. The molecule has 0 bridgehead atoms. The van der Waals surface area contributed by atoms with Crippen molar-refractivity contribution in [2.45, 2.75) is 0 Å². The van der Waals surface area contributed by atoms with Crippen LogP contribution in [-0.4, -0.2) is 12.2 Å². The minimum atomic E-state index is -0.503. The van der Waals surface area contributed by atoms with Gasteiger partial charge in [-0.05, 0) is 30.3 Å². The van der Waals surface area contributed by atoms with Gasteiger partial charge in [-0.25, -0.2) is 10.2 Å². The molecule has 0 aliphatic rings. The van der Waals surface area contributed by atoms with Gasteiger partial charge in [-0.2, -0.15) is 5.10 Å². The number of amides is 2. The lowest BCUT2D eigenvalue weighted by molar-refractivity contribution is 0.252. The molecule has 0 heterocycles. The summed E-state index contributed by atoms with van der Waals surface area (Å²) in [5.41, 5.74) is 3.41. The van der Waals surface area contributed by atoms with Gasteiger partial charge in [0.2, 0.25) is 0 Å². The number of carbonyl (C=O) groups excluding carboxylic acids is 1. The Labute approximate surface area is 136 Å². The van der Waals surface area contributed by atoms with E-state index in [2.05, 4.69) is 15.8 Å². The lowest BCUT2D eigenvalue weighted by Gasteiger charge is -2.04. The molecule has 7 heteroatoms. The molecule has 0 atom stereocenters. The van der Waals surface area contributed by atoms with Gasteiger partial charge < -0.3 is 5.32 Å². The Morgan fingerprint density at radius 1 is 1.05 bits per heavy atom. The lowest BCUT2D eigenvalue weighted by Crippen LogP contribution is -2.24. The van der Waals surface area contributed by atoms with Crippen molar-refractivity contribution in [3.05, 3.63) is 63.1 Å². The summed E-state index contributed by atoms with van der Waals surface area (Å²) in [6.07, 6.45) is 1.38. The Morgan fingerprint density at radius 2 is 1.71 bits per heavy atom. The van der Waals surface area contributed by atoms with Crippen LogP contribution in [0.1, 0.15) is 5.56 Å². The average molecular weight is 343 g/mol. The van der Waals surface area contributed by atoms with Crippen molar-refractivity contribution in [1.29, 1.82) is 0 Å². The van der Waals surface area contributed by atoms with Crippen LogP contribution in [0.4, 0.5) is 10.5 Å². The second-order valence-corrected chi connectivity index (χ2v) is 5.22. The largest absolute Gasteiger partial charge is 0.339 e. The molecule has 108 valence electrons. The van der Waals surface area contributed by atoms with Crippen LogP contribution in [0.15, 0.2) is 47.6 Å². The van der Waals surface area contributed by atoms with E-state index in [1.807, 2.05) is 0 Å². The molecule has 21 heavy (non-hydrogen) atoms. The molecule has 0 fully saturated rings. The summed E-state index contributed by atoms with van der Waals surface area (Å²) >= 11 is 17.8. The Balaban J connectivity index is 1.96. The molecule has 0 spiro atoms. The minimum absolute atomic E-state index is 0.447. The molecule has 0 aliphatic carbocycles. The molecule has 2 aromatic rings. The van der Waals surface area contributed by atoms with Gasteiger partial charge in [0.15, 0.2) is 0 Å². The SMILES string of the molecule is O=C(N/N=C\c1c(Cl)cccc1Cl)Nc1cccc(Cl)c1. The van der Waals surface area contributed by atoms with Gasteiger partial charge >= 0.3 is 6.03 Å². The van der Waals surface area contributed by atoms with E-state index in [1.165, 1.54) is 6.21 Å². The number of carbonyl (C=O) groups is 1. The van der Waals surface area contributed by atoms with Gasteiger partial charge in [0.05, 0.1) is 16.3 Å². The zero-order chi connectivity index (χ0) is 15.2. The van der Waals surface area contributed by atoms with Crippen molar-refractivity contribution in [2.24, 2.45) is 5.10 Å². The van der Waals surface area contributed by atoms with E-state index < -0.39 is 6.03 Å². The van der Waals surface area contributed by atoms with E-state index in [1.54, 1.807) is 42.5 Å². The van der Waals surface area contributed by atoms with Gasteiger partial charge in [-0.15, -0.1) is 0 Å². The fourth-order valence-electron chi connectivity index (χ4n) is 1.51. The summed E-state index contributed by atoms with van der Waals surface area (Å²) in [6.45, 7) is 0. The fourth-order valence-corrected chi connectivity index (χ4v) is 2.20. The first-order valence-corrected chi connectivity index (χ1v) is 6.99. The Morgan fingerprint density at radius 3 is 2.38 bits per heavy atom. The number of hydrazone groups is 1. The zero-order valence-electron chi connectivity index (χ0n) is 10.6. The molecular weight excluding hydrogens is 333 g/mol. The van der Waals surface area contributed by atoms with Crippen LogP contribution in [0.5, 0.6) is 0 Å². The molecule has 0 saturated carbocycles. The Kier molecular flexibility index (Phi) is 5.44. The van der Waals surface area contributed by atoms with E-state index in [9.17, 15) is 4.79 Å². The summed E-state index contributed by atoms with van der Waals surface area (Å²) < 4.78 is 0. The van der Waals surface area contributed by atoms with Crippen LogP contribution < -0.4 is 10.7 Å². The molecule has 0 saturated heterocycles. The summed E-state index contributed by atoms with van der Waals surface area (Å²) in [5.74, 6) is 0. The van der Waals surface area contributed by atoms with Gasteiger partial charge in [-0.1, -0.05) is 46.9 Å². The van der Waals surface area contributed by atoms with Crippen molar-refractivity contribution >= 4 is 52.7 Å². The molecule has 2 amide bonds. The number of halogens is 3. The molecule has 0 radical (unpaired) electrons. The van der Waals surface area contributed by atoms with Gasteiger partial charge in [-0.3, -0.25) is 0 Å². The quantitative estimate of drug-likeness (QED) is 0.611. The third kappa shape index (κ3) is 4.63. The third-order valence-electron chi connectivity index (χ3n) is 2.44. The maximum absolute atomic E-state index is 11.6. The van der Waals surface area contributed by atoms with E-state index in [-0.39, 0.29) is 0 Å². The molecule has 0 aromatic heterocycles. The fraction of sp³-hybridized carbons (Fsp3) is 0. The number of hydrogen-bond donors (Lipinski definition) is 2. The number of hydrogen-bond acceptors (Lipinski definition) is 2. The van der Waals surface area contributed by atoms with Crippen LogP contribution >= 0.6 is 34.8 Å². The number of nitrogens with zero attached hydrogens (tertiary/aromatic N) is 1. The second-order valence-electron chi connectivity index (χ2n) is 3.97. The summed E-state index contributed by atoms with van der Waals surface area (Å²) in [7, 11) is 0. The van der Waals surface area contributed by atoms with E-state index in [0.29, 0.717) is 26.3 Å². The molecule has 2 N–H and O–H groups in total. The predicted molar refractivity (Wildman–Crippen MR) is 87.7 cm³/mol. The summed E-state index contributed by atoms with van der Waals surface area (Å²) in [6, 6.07) is 11.3. The maximum Gasteiger partial charge on any atom is 0.339 e. The van der Waals surface area contributed by atoms with Crippen molar-refractivity contribution in [3.8, 4) is 0 Å². The molecule has 4 nitrogen and oxygen atoms in total. The summed E-state index contributed by atoms with van der Waals surface area (Å²) in [5, 5.41) is 7.80. The standard InChI is InChI=1S/C14H10Cl3N3O/c15-9-3-1-4-10(7-9)19-14(21)20-18-8-11-12(16)5-2-6-13(11)17/h1-8H,(H2,19,20,21)/b18-8-. The van der Waals surface area contributed by atoms with Crippen LogP contribution in [0.3, 0.4) is 0 Å². The molecule has 0 unspecified atom stereocenters.